The Hall–Kier alpha value is 0.440. The number of hydrogen-bond donors (Lipinski definition) is 0. The Labute approximate surface area is 90.0 Å². The van der Waals surface area contributed by atoms with Crippen molar-refractivity contribution in [3.8, 4) is 0 Å². The smallest absolute Gasteiger partial charge is 0.0100 e. The first-order chi connectivity index (χ1) is 6.28. The van der Waals surface area contributed by atoms with E-state index in [1.165, 1.54) is 50.6 Å². The molecule has 2 heteroatoms. The monoisotopic (exact) mass is 245 g/mol. The van der Waals surface area contributed by atoms with Crippen LogP contribution in [0.15, 0.2) is 0 Å². The van der Waals surface area contributed by atoms with Crippen molar-refractivity contribution in [2.24, 2.45) is 11.3 Å². The third-order valence-electron chi connectivity index (χ3n) is 3.46. The zero-order valence-corrected chi connectivity index (χ0v) is 10.1. The highest BCUT2D eigenvalue weighted by Crippen LogP contribution is 2.48. The molecule has 0 bridgehead atoms. The van der Waals surface area contributed by atoms with Gasteiger partial charge < -0.3 is 4.90 Å². The Morgan fingerprint density at radius 3 is 2.46 bits per heavy atom. The summed E-state index contributed by atoms with van der Waals surface area (Å²) >= 11 is 3.65. The summed E-state index contributed by atoms with van der Waals surface area (Å²) in [6.07, 6.45) is 5.86. The minimum absolute atomic E-state index is 0.672. The summed E-state index contributed by atoms with van der Waals surface area (Å²) in [5.74, 6) is 1.05. The first kappa shape index (κ1) is 9.97. The largest absolute Gasteiger partial charge is 0.303 e. The van der Waals surface area contributed by atoms with Gasteiger partial charge in [0.2, 0.25) is 0 Å². The third-order valence-corrected chi connectivity index (χ3v) is 4.65. The molecule has 76 valence electrons. The van der Waals surface area contributed by atoms with Crippen molar-refractivity contribution in [3.05, 3.63) is 0 Å². The van der Waals surface area contributed by atoms with Crippen LogP contribution >= 0.6 is 15.9 Å². The van der Waals surface area contributed by atoms with Gasteiger partial charge in [-0.1, -0.05) is 22.9 Å². The summed E-state index contributed by atoms with van der Waals surface area (Å²) in [7, 11) is 0. The fourth-order valence-electron chi connectivity index (χ4n) is 1.96. The number of alkyl halides is 1. The first-order valence-electron chi connectivity index (χ1n) is 5.56. The zero-order chi connectivity index (χ0) is 9.31. The molecule has 2 rings (SSSR count). The summed E-state index contributed by atoms with van der Waals surface area (Å²) in [6.45, 7) is 6.24. The lowest BCUT2D eigenvalue weighted by molar-refractivity contribution is 0.233. The van der Waals surface area contributed by atoms with Gasteiger partial charge in [-0.25, -0.2) is 0 Å². The second kappa shape index (κ2) is 3.90. The van der Waals surface area contributed by atoms with E-state index in [4.69, 9.17) is 0 Å². The van der Waals surface area contributed by atoms with E-state index in [1.807, 2.05) is 0 Å². The van der Waals surface area contributed by atoms with Crippen molar-refractivity contribution in [1.29, 1.82) is 0 Å². The Bertz CT molecular complexity index is 173. The number of halogens is 1. The molecule has 2 saturated carbocycles. The van der Waals surface area contributed by atoms with E-state index in [1.54, 1.807) is 0 Å². The lowest BCUT2D eigenvalue weighted by Crippen LogP contribution is -2.32. The van der Waals surface area contributed by atoms with Crippen LogP contribution in [0.1, 0.15) is 32.6 Å². The molecule has 2 aliphatic rings. The van der Waals surface area contributed by atoms with Crippen LogP contribution in [-0.4, -0.2) is 29.9 Å². The van der Waals surface area contributed by atoms with Crippen LogP contribution in [0.5, 0.6) is 0 Å². The van der Waals surface area contributed by atoms with Crippen LogP contribution < -0.4 is 0 Å². The van der Waals surface area contributed by atoms with Gasteiger partial charge in [-0.3, -0.25) is 0 Å². The molecule has 0 unspecified atom stereocenters. The van der Waals surface area contributed by atoms with E-state index in [-0.39, 0.29) is 0 Å². The maximum Gasteiger partial charge on any atom is 0.0100 e. The molecular formula is C11H20BrN. The Balaban J connectivity index is 1.75. The van der Waals surface area contributed by atoms with Crippen molar-refractivity contribution in [2.45, 2.75) is 32.6 Å². The van der Waals surface area contributed by atoms with Gasteiger partial charge in [0.05, 0.1) is 0 Å². The first-order valence-corrected chi connectivity index (χ1v) is 6.68. The molecule has 13 heavy (non-hydrogen) atoms. The predicted octanol–water partition coefficient (Wildman–Crippen LogP) is 2.89. The molecule has 0 aromatic rings. The van der Waals surface area contributed by atoms with E-state index < -0.39 is 0 Å². The lowest BCUT2D eigenvalue weighted by atomic mass is 10.1. The molecule has 0 heterocycles. The summed E-state index contributed by atoms with van der Waals surface area (Å²) in [4.78, 5) is 2.66. The van der Waals surface area contributed by atoms with E-state index in [0.29, 0.717) is 5.41 Å². The average molecular weight is 246 g/mol. The Kier molecular flexibility index (Phi) is 2.99. The molecule has 1 nitrogen and oxygen atoms in total. The van der Waals surface area contributed by atoms with Gasteiger partial charge in [-0.2, -0.15) is 0 Å². The van der Waals surface area contributed by atoms with Crippen molar-refractivity contribution >= 4 is 15.9 Å². The Morgan fingerprint density at radius 1 is 1.38 bits per heavy atom. The van der Waals surface area contributed by atoms with Crippen LogP contribution in [0.2, 0.25) is 0 Å². The summed E-state index contributed by atoms with van der Waals surface area (Å²) < 4.78 is 0. The van der Waals surface area contributed by atoms with Gasteiger partial charge in [0.15, 0.2) is 0 Å². The molecule has 0 spiro atoms. The molecule has 2 fully saturated rings. The summed E-state index contributed by atoms with van der Waals surface area (Å²) in [5, 5.41) is 1.21. The quantitative estimate of drug-likeness (QED) is 0.651. The third kappa shape index (κ3) is 2.69. The maximum absolute atomic E-state index is 3.65. The van der Waals surface area contributed by atoms with Gasteiger partial charge in [0, 0.05) is 18.4 Å². The molecule has 0 radical (unpaired) electrons. The highest BCUT2D eigenvalue weighted by molar-refractivity contribution is 9.09. The normalized spacial score (nSPS) is 25.2. The Morgan fingerprint density at radius 2 is 2.08 bits per heavy atom. The van der Waals surface area contributed by atoms with E-state index >= 15 is 0 Å². The van der Waals surface area contributed by atoms with Crippen molar-refractivity contribution in [2.75, 3.05) is 25.0 Å². The van der Waals surface area contributed by atoms with Gasteiger partial charge >= 0.3 is 0 Å². The zero-order valence-electron chi connectivity index (χ0n) is 8.56. The second-order valence-electron chi connectivity index (χ2n) is 4.90. The fraction of sp³-hybridized carbons (Fsp3) is 1.00. The van der Waals surface area contributed by atoms with Gasteiger partial charge in [-0.15, -0.1) is 0 Å². The van der Waals surface area contributed by atoms with E-state index in [9.17, 15) is 0 Å². The highest BCUT2D eigenvalue weighted by Gasteiger charge is 2.42. The van der Waals surface area contributed by atoms with Crippen molar-refractivity contribution < 1.29 is 0 Å². The average Bonchev–Trinajstić information content (AvgIpc) is 2.99. The van der Waals surface area contributed by atoms with Crippen molar-refractivity contribution in [3.63, 3.8) is 0 Å². The standard InChI is InChI=1S/C11H20BrN/c1-2-13(7-10-3-4-10)9-11(8-12)5-6-11/h10H,2-9H2,1H3. The lowest BCUT2D eigenvalue weighted by Gasteiger charge is -2.25. The molecule has 0 amide bonds. The minimum Gasteiger partial charge on any atom is -0.303 e. The topological polar surface area (TPSA) is 3.24 Å². The second-order valence-corrected chi connectivity index (χ2v) is 5.47. The van der Waals surface area contributed by atoms with E-state index in [0.717, 1.165) is 5.92 Å². The van der Waals surface area contributed by atoms with E-state index in [2.05, 4.69) is 27.8 Å². The number of nitrogens with zero attached hydrogens (tertiary/aromatic N) is 1. The maximum atomic E-state index is 3.65. The van der Waals surface area contributed by atoms with Crippen LogP contribution in [0.4, 0.5) is 0 Å². The van der Waals surface area contributed by atoms with Gasteiger partial charge in [0.25, 0.3) is 0 Å². The fourth-order valence-corrected chi connectivity index (χ4v) is 2.69. The number of rotatable bonds is 6. The number of hydrogen-bond acceptors (Lipinski definition) is 1. The van der Waals surface area contributed by atoms with Gasteiger partial charge in [-0.05, 0) is 43.6 Å². The predicted molar refractivity (Wildman–Crippen MR) is 60.3 cm³/mol. The van der Waals surface area contributed by atoms with Crippen LogP contribution in [0, 0.1) is 11.3 Å². The molecule has 0 aliphatic heterocycles. The molecular weight excluding hydrogens is 226 g/mol. The van der Waals surface area contributed by atoms with Crippen LogP contribution in [0.3, 0.4) is 0 Å². The summed E-state index contributed by atoms with van der Waals surface area (Å²) in [6, 6.07) is 0. The molecule has 0 aromatic carbocycles. The van der Waals surface area contributed by atoms with Gasteiger partial charge in [0.1, 0.15) is 0 Å². The van der Waals surface area contributed by atoms with Crippen LogP contribution in [-0.2, 0) is 0 Å². The molecule has 0 N–H and O–H groups in total. The molecule has 2 aliphatic carbocycles. The molecule has 0 atom stereocenters. The SMILES string of the molecule is CCN(CC1CC1)CC1(CBr)CC1. The minimum atomic E-state index is 0.672. The summed E-state index contributed by atoms with van der Waals surface area (Å²) in [5.41, 5.74) is 0.672. The molecule has 0 saturated heterocycles. The highest BCUT2D eigenvalue weighted by atomic mass is 79.9. The van der Waals surface area contributed by atoms with Crippen LogP contribution in [0.25, 0.3) is 0 Å². The van der Waals surface area contributed by atoms with Crippen molar-refractivity contribution in [1.82, 2.24) is 4.90 Å². The molecule has 0 aromatic heterocycles.